The molecule has 3 N–H and O–H groups in total. The van der Waals surface area contributed by atoms with Gasteiger partial charge >= 0.3 is 0 Å². The van der Waals surface area contributed by atoms with E-state index in [0.717, 1.165) is 24.3 Å². The summed E-state index contributed by atoms with van der Waals surface area (Å²) in [7, 11) is -3.90. The molecule has 5 nitrogen and oxygen atoms in total. The Kier molecular flexibility index (Phi) is 4.80. The molecule has 0 radical (unpaired) electrons. The topological polar surface area (TPSA) is 86.6 Å². The van der Waals surface area contributed by atoms with E-state index in [1.807, 2.05) is 0 Å². The van der Waals surface area contributed by atoms with Gasteiger partial charge in [0, 0.05) is 0 Å². The van der Waals surface area contributed by atoms with Gasteiger partial charge in [-0.1, -0.05) is 13.8 Å². The van der Waals surface area contributed by atoms with Crippen LogP contribution >= 0.6 is 0 Å². The Morgan fingerprint density at radius 1 is 1.17 bits per heavy atom. The first-order valence-corrected chi connectivity index (χ1v) is 6.86. The monoisotopic (exact) mass is 277 g/mol. The number of hydrogen-bond acceptors (Lipinski definition) is 4. The highest BCUT2D eigenvalue weighted by molar-refractivity contribution is 7.89. The van der Waals surface area contributed by atoms with Crippen molar-refractivity contribution in [2.75, 3.05) is 0 Å². The molecular weight excluding hydrogens is 261 g/mol. The highest BCUT2D eigenvalue weighted by Gasteiger charge is 2.27. The summed E-state index contributed by atoms with van der Waals surface area (Å²) in [5, 5.41) is 18.2. The molecular formula is C11H16FNO4S. The Morgan fingerprint density at radius 2 is 1.67 bits per heavy atom. The Labute approximate surface area is 105 Å². The van der Waals surface area contributed by atoms with Crippen LogP contribution in [0.15, 0.2) is 29.2 Å². The maximum atomic E-state index is 12.7. The lowest BCUT2D eigenvalue weighted by atomic mass is 10.1. The van der Waals surface area contributed by atoms with Crippen LogP contribution in [0.5, 0.6) is 0 Å². The number of hydrogen-bond donors (Lipinski definition) is 3. The molecule has 18 heavy (non-hydrogen) atoms. The van der Waals surface area contributed by atoms with Crippen molar-refractivity contribution in [1.29, 1.82) is 0 Å². The maximum absolute atomic E-state index is 12.7. The summed E-state index contributed by atoms with van der Waals surface area (Å²) in [5.74, 6) is -0.850. The zero-order valence-corrected chi connectivity index (χ0v) is 10.9. The molecule has 1 aromatic carbocycles. The SMILES string of the molecule is CC(C)[C@@H](NS(=O)(=O)c1ccc(F)cc1)C(O)O. The van der Waals surface area contributed by atoms with Gasteiger partial charge in [0.25, 0.3) is 0 Å². The molecule has 0 saturated carbocycles. The van der Waals surface area contributed by atoms with E-state index in [2.05, 4.69) is 4.72 Å². The van der Waals surface area contributed by atoms with Gasteiger partial charge in [-0.2, -0.15) is 0 Å². The van der Waals surface area contributed by atoms with Crippen LogP contribution in [-0.4, -0.2) is 31.0 Å². The van der Waals surface area contributed by atoms with E-state index in [1.54, 1.807) is 13.8 Å². The smallest absolute Gasteiger partial charge is 0.241 e. The second-order valence-corrected chi connectivity index (χ2v) is 5.97. The van der Waals surface area contributed by atoms with Gasteiger partial charge in [-0.05, 0) is 30.2 Å². The van der Waals surface area contributed by atoms with Crippen molar-refractivity contribution in [1.82, 2.24) is 4.72 Å². The maximum Gasteiger partial charge on any atom is 0.241 e. The van der Waals surface area contributed by atoms with E-state index >= 15 is 0 Å². The third-order valence-corrected chi connectivity index (χ3v) is 3.93. The molecule has 1 atom stereocenters. The molecule has 1 aromatic rings. The van der Waals surface area contributed by atoms with E-state index in [-0.39, 0.29) is 10.8 Å². The van der Waals surface area contributed by atoms with Gasteiger partial charge in [-0.15, -0.1) is 0 Å². The lowest BCUT2D eigenvalue weighted by molar-refractivity contribution is -0.0718. The molecule has 0 fully saturated rings. The highest BCUT2D eigenvalue weighted by atomic mass is 32.2. The van der Waals surface area contributed by atoms with Crippen LogP contribution in [0.2, 0.25) is 0 Å². The highest BCUT2D eigenvalue weighted by Crippen LogP contribution is 2.13. The third kappa shape index (κ3) is 3.74. The number of benzene rings is 1. The van der Waals surface area contributed by atoms with Crippen LogP contribution in [0.25, 0.3) is 0 Å². The molecule has 0 unspecified atom stereocenters. The molecule has 7 heteroatoms. The molecule has 0 aliphatic rings. The van der Waals surface area contributed by atoms with E-state index in [4.69, 9.17) is 10.2 Å². The van der Waals surface area contributed by atoms with Gasteiger partial charge in [0.1, 0.15) is 5.82 Å². The second kappa shape index (κ2) is 5.75. The lowest BCUT2D eigenvalue weighted by Gasteiger charge is -2.23. The quantitative estimate of drug-likeness (QED) is 0.682. The van der Waals surface area contributed by atoms with Crippen LogP contribution in [0, 0.1) is 11.7 Å². The molecule has 0 heterocycles. The van der Waals surface area contributed by atoms with Crippen molar-refractivity contribution in [3.8, 4) is 0 Å². The van der Waals surface area contributed by atoms with Gasteiger partial charge < -0.3 is 10.2 Å². The van der Waals surface area contributed by atoms with E-state index < -0.39 is 28.2 Å². The molecule has 0 bridgehead atoms. The van der Waals surface area contributed by atoms with Crippen LogP contribution in [-0.2, 0) is 10.0 Å². The zero-order valence-electron chi connectivity index (χ0n) is 10.0. The Hall–Kier alpha value is -1.02. The van der Waals surface area contributed by atoms with Gasteiger partial charge in [-0.3, -0.25) is 0 Å². The number of aliphatic hydroxyl groups is 2. The van der Waals surface area contributed by atoms with Gasteiger partial charge in [0.05, 0.1) is 10.9 Å². The van der Waals surface area contributed by atoms with Crippen molar-refractivity contribution in [2.45, 2.75) is 31.1 Å². The number of rotatable bonds is 5. The van der Waals surface area contributed by atoms with Crippen molar-refractivity contribution in [3.05, 3.63) is 30.1 Å². The first kappa shape index (κ1) is 15.0. The normalized spacial score (nSPS) is 14.2. The van der Waals surface area contributed by atoms with Gasteiger partial charge in [0.2, 0.25) is 10.0 Å². The standard InChI is InChI=1S/C11H16FNO4S/c1-7(2)10(11(14)15)13-18(16,17)9-5-3-8(12)4-6-9/h3-7,10-11,13-15H,1-2H3/t10-/m1/s1. The second-order valence-electron chi connectivity index (χ2n) is 4.26. The summed E-state index contributed by atoms with van der Waals surface area (Å²) < 4.78 is 38.7. The number of nitrogens with one attached hydrogen (secondary N) is 1. The number of aliphatic hydroxyl groups excluding tert-OH is 1. The average molecular weight is 277 g/mol. The van der Waals surface area contributed by atoms with E-state index in [9.17, 15) is 12.8 Å². The minimum Gasteiger partial charge on any atom is -0.367 e. The summed E-state index contributed by atoms with van der Waals surface area (Å²) in [6.07, 6.45) is -1.81. The molecule has 0 aliphatic carbocycles. The summed E-state index contributed by atoms with van der Waals surface area (Å²) in [5.41, 5.74) is 0. The molecule has 102 valence electrons. The minimum atomic E-state index is -3.90. The molecule has 0 amide bonds. The van der Waals surface area contributed by atoms with Crippen LogP contribution in [0.1, 0.15) is 13.8 Å². The van der Waals surface area contributed by atoms with Gasteiger partial charge in [0.15, 0.2) is 6.29 Å². The van der Waals surface area contributed by atoms with Crippen molar-refractivity contribution >= 4 is 10.0 Å². The number of sulfonamides is 1. The van der Waals surface area contributed by atoms with E-state index in [0.29, 0.717) is 0 Å². The van der Waals surface area contributed by atoms with Gasteiger partial charge in [-0.25, -0.2) is 17.5 Å². The first-order chi connectivity index (χ1) is 8.24. The minimum absolute atomic E-state index is 0.129. The summed E-state index contributed by atoms with van der Waals surface area (Å²) in [6, 6.07) is 3.24. The third-order valence-electron chi connectivity index (χ3n) is 2.45. The number of halogens is 1. The van der Waals surface area contributed by atoms with Crippen LogP contribution in [0.3, 0.4) is 0 Å². The fourth-order valence-electron chi connectivity index (χ4n) is 1.40. The molecule has 1 rings (SSSR count). The Bertz CT molecular complexity index is 476. The van der Waals surface area contributed by atoms with Crippen LogP contribution in [0.4, 0.5) is 4.39 Å². The van der Waals surface area contributed by atoms with Crippen molar-refractivity contribution < 1.29 is 23.0 Å². The van der Waals surface area contributed by atoms with Crippen molar-refractivity contribution in [2.24, 2.45) is 5.92 Å². The summed E-state index contributed by atoms with van der Waals surface area (Å²) in [6.45, 7) is 3.30. The lowest BCUT2D eigenvalue weighted by Crippen LogP contribution is -2.46. The largest absolute Gasteiger partial charge is 0.367 e. The Balaban J connectivity index is 2.97. The predicted octanol–water partition coefficient (Wildman–Crippen LogP) is 0.439. The fraction of sp³-hybridized carbons (Fsp3) is 0.455. The molecule has 0 aromatic heterocycles. The molecule has 0 saturated heterocycles. The Morgan fingerprint density at radius 3 is 2.06 bits per heavy atom. The summed E-state index contributed by atoms with van der Waals surface area (Å²) >= 11 is 0. The van der Waals surface area contributed by atoms with Crippen LogP contribution < -0.4 is 4.72 Å². The summed E-state index contributed by atoms with van der Waals surface area (Å²) in [4.78, 5) is -0.129. The predicted molar refractivity (Wildman–Crippen MR) is 63.6 cm³/mol. The molecule has 0 aliphatic heterocycles. The van der Waals surface area contributed by atoms with E-state index in [1.165, 1.54) is 0 Å². The molecule has 0 spiro atoms. The zero-order chi connectivity index (χ0) is 13.9. The fourth-order valence-corrected chi connectivity index (χ4v) is 2.78. The van der Waals surface area contributed by atoms with Crippen molar-refractivity contribution in [3.63, 3.8) is 0 Å². The average Bonchev–Trinajstić information content (AvgIpc) is 2.26. The first-order valence-electron chi connectivity index (χ1n) is 5.38.